The van der Waals surface area contributed by atoms with Crippen molar-refractivity contribution >= 4 is 17.5 Å². The number of anilines is 1. The summed E-state index contributed by atoms with van der Waals surface area (Å²) in [6, 6.07) is 10.8. The third-order valence-electron chi connectivity index (χ3n) is 6.22. The highest BCUT2D eigenvalue weighted by molar-refractivity contribution is 5.99. The summed E-state index contributed by atoms with van der Waals surface area (Å²) in [6.45, 7) is -0.685. The van der Waals surface area contributed by atoms with Gasteiger partial charge in [-0.2, -0.15) is 13.2 Å². The SMILES string of the molecule is O=C(NCc1ccnc(OCC(F)(F)F)c1)C1CCCCC1C(=O)N1CCc2ccccc21. The van der Waals surface area contributed by atoms with Gasteiger partial charge in [0.05, 0.1) is 5.92 Å². The number of amides is 2. The maximum Gasteiger partial charge on any atom is 0.422 e. The van der Waals surface area contributed by atoms with E-state index in [0.717, 1.165) is 30.5 Å². The van der Waals surface area contributed by atoms with Crippen LogP contribution in [0.4, 0.5) is 18.9 Å². The average Bonchev–Trinajstić information content (AvgIpc) is 3.25. The van der Waals surface area contributed by atoms with Crippen molar-refractivity contribution in [3.05, 3.63) is 53.7 Å². The highest BCUT2D eigenvalue weighted by Crippen LogP contribution is 2.36. The number of ether oxygens (including phenoxy) is 1. The van der Waals surface area contributed by atoms with Crippen molar-refractivity contribution in [2.75, 3.05) is 18.1 Å². The van der Waals surface area contributed by atoms with Crippen molar-refractivity contribution < 1.29 is 27.5 Å². The van der Waals surface area contributed by atoms with Gasteiger partial charge in [0.25, 0.3) is 0 Å². The quantitative estimate of drug-likeness (QED) is 0.705. The average molecular weight is 461 g/mol. The molecule has 1 saturated carbocycles. The van der Waals surface area contributed by atoms with Gasteiger partial charge in [-0.3, -0.25) is 9.59 Å². The number of nitrogens with one attached hydrogen (secondary N) is 1. The number of hydrogen-bond acceptors (Lipinski definition) is 4. The number of halogens is 3. The van der Waals surface area contributed by atoms with E-state index in [-0.39, 0.29) is 30.2 Å². The lowest BCUT2D eigenvalue weighted by molar-refractivity contribution is -0.154. The van der Waals surface area contributed by atoms with Crippen LogP contribution in [-0.4, -0.2) is 36.1 Å². The van der Waals surface area contributed by atoms with Crippen LogP contribution in [0, 0.1) is 11.8 Å². The van der Waals surface area contributed by atoms with Gasteiger partial charge >= 0.3 is 6.18 Å². The van der Waals surface area contributed by atoms with Gasteiger partial charge in [-0.05, 0) is 42.5 Å². The highest BCUT2D eigenvalue weighted by Gasteiger charge is 2.39. The van der Waals surface area contributed by atoms with Crippen molar-refractivity contribution in [2.24, 2.45) is 11.8 Å². The van der Waals surface area contributed by atoms with Gasteiger partial charge in [-0.15, -0.1) is 0 Å². The minimum Gasteiger partial charge on any atom is -0.468 e. The Labute approximate surface area is 190 Å². The lowest BCUT2D eigenvalue weighted by Crippen LogP contribution is -2.45. The van der Waals surface area contributed by atoms with E-state index in [9.17, 15) is 22.8 Å². The molecule has 9 heteroatoms. The zero-order chi connectivity index (χ0) is 23.4. The minimum atomic E-state index is -4.45. The van der Waals surface area contributed by atoms with Crippen LogP contribution in [-0.2, 0) is 22.6 Å². The molecule has 33 heavy (non-hydrogen) atoms. The smallest absolute Gasteiger partial charge is 0.422 e. The van der Waals surface area contributed by atoms with Gasteiger partial charge < -0.3 is 15.0 Å². The van der Waals surface area contributed by atoms with E-state index in [1.807, 2.05) is 24.3 Å². The Morgan fingerprint density at radius 2 is 1.88 bits per heavy atom. The van der Waals surface area contributed by atoms with E-state index in [4.69, 9.17) is 0 Å². The number of rotatable bonds is 6. The fourth-order valence-corrected chi connectivity index (χ4v) is 4.62. The highest BCUT2D eigenvalue weighted by atomic mass is 19.4. The number of carbonyl (C=O) groups excluding carboxylic acids is 2. The molecule has 176 valence electrons. The van der Waals surface area contributed by atoms with Crippen LogP contribution in [0.5, 0.6) is 5.88 Å². The van der Waals surface area contributed by atoms with Crippen LogP contribution in [0.15, 0.2) is 42.6 Å². The number of carbonyl (C=O) groups is 2. The van der Waals surface area contributed by atoms with Gasteiger partial charge in [-0.1, -0.05) is 31.0 Å². The summed E-state index contributed by atoms with van der Waals surface area (Å²) < 4.78 is 41.7. The zero-order valence-electron chi connectivity index (χ0n) is 18.1. The second-order valence-electron chi connectivity index (χ2n) is 8.49. The van der Waals surface area contributed by atoms with E-state index in [1.54, 1.807) is 11.0 Å². The van der Waals surface area contributed by atoms with E-state index in [0.29, 0.717) is 24.9 Å². The van der Waals surface area contributed by atoms with Crippen LogP contribution in [0.3, 0.4) is 0 Å². The third-order valence-corrected chi connectivity index (χ3v) is 6.22. The molecule has 2 aromatic rings. The van der Waals surface area contributed by atoms with Gasteiger partial charge in [0.15, 0.2) is 6.61 Å². The molecule has 0 spiro atoms. The summed E-state index contributed by atoms with van der Waals surface area (Å²) in [5.74, 6) is -1.19. The summed E-state index contributed by atoms with van der Waals surface area (Å²) in [4.78, 5) is 32.0. The van der Waals surface area contributed by atoms with E-state index < -0.39 is 18.7 Å². The molecule has 1 aliphatic carbocycles. The lowest BCUT2D eigenvalue weighted by Gasteiger charge is -2.32. The maximum atomic E-state index is 13.4. The number of aromatic nitrogens is 1. The first-order valence-electron chi connectivity index (χ1n) is 11.1. The second-order valence-corrected chi connectivity index (χ2v) is 8.49. The van der Waals surface area contributed by atoms with Crippen LogP contribution < -0.4 is 15.0 Å². The number of pyridine rings is 1. The Morgan fingerprint density at radius 3 is 2.67 bits per heavy atom. The molecule has 2 amide bonds. The van der Waals surface area contributed by atoms with Crippen molar-refractivity contribution in [3.8, 4) is 5.88 Å². The number of benzene rings is 1. The molecule has 6 nitrogen and oxygen atoms in total. The first-order valence-corrected chi connectivity index (χ1v) is 11.1. The molecule has 1 aliphatic heterocycles. The molecule has 2 atom stereocenters. The molecule has 1 aromatic carbocycles. The summed E-state index contributed by atoms with van der Waals surface area (Å²) in [5, 5.41) is 2.85. The van der Waals surface area contributed by atoms with Crippen LogP contribution in [0.25, 0.3) is 0 Å². The predicted octanol–water partition coefficient (Wildman–Crippen LogP) is 4.03. The van der Waals surface area contributed by atoms with E-state index in [2.05, 4.69) is 15.0 Å². The molecule has 0 radical (unpaired) electrons. The molecule has 0 saturated heterocycles. The summed E-state index contributed by atoms with van der Waals surface area (Å²) in [6.07, 6.45) is 0.777. The fourth-order valence-electron chi connectivity index (χ4n) is 4.62. The number of nitrogens with zero attached hydrogens (tertiary/aromatic N) is 2. The van der Waals surface area contributed by atoms with E-state index >= 15 is 0 Å². The third kappa shape index (κ3) is 5.64. The van der Waals surface area contributed by atoms with Crippen molar-refractivity contribution in [2.45, 2.75) is 44.8 Å². The molecular weight excluding hydrogens is 435 g/mol. The monoisotopic (exact) mass is 461 g/mol. The Bertz CT molecular complexity index is 1010. The molecule has 1 aromatic heterocycles. The molecule has 0 bridgehead atoms. The minimum absolute atomic E-state index is 0.00783. The summed E-state index contributed by atoms with van der Waals surface area (Å²) in [5.41, 5.74) is 2.64. The Kier molecular flexibility index (Phi) is 6.85. The zero-order valence-corrected chi connectivity index (χ0v) is 18.1. The molecule has 1 N–H and O–H groups in total. The van der Waals surface area contributed by atoms with Gasteiger partial charge in [-0.25, -0.2) is 4.98 Å². The van der Waals surface area contributed by atoms with Crippen LogP contribution in [0.2, 0.25) is 0 Å². The normalized spacial score (nSPS) is 20.3. The van der Waals surface area contributed by atoms with Gasteiger partial charge in [0, 0.05) is 37.0 Å². The molecule has 4 rings (SSSR count). The number of para-hydroxylation sites is 1. The lowest BCUT2D eigenvalue weighted by atomic mass is 9.77. The van der Waals surface area contributed by atoms with Crippen LogP contribution >= 0.6 is 0 Å². The first-order chi connectivity index (χ1) is 15.8. The first kappa shape index (κ1) is 23.1. The second kappa shape index (κ2) is 9.80. The Hall–Kier alpha value is -3.10. The van der Waals surface area contributed by atoms with E-state index in [1.165, 1.54) is 12.3 Å². The molecular formula is C24H26F3N3O3. The fraction of sp³-hybridized carbons (Fsp3) is 0.458. The van der Waals surface area contributed by atoms with Crippen molar-refractivity contribution in [1.82, 2.24) is 10.3 Å². The predicted molar refractivity (Wildman–Crippen MR) is 116 cm³/mol. The summed E-state index contributed by atoms with van der Waals surface area (Å²) in [7, 11) is 0. The topological polar surface area (TPSA) is 71.5 Å². The molecule has 2 heterocycles. The molecule has 2 aliphatic rings. The standard InChI is InChI=1S/C24H26F3N3O3/c25-24(26,27)15-33-21-13-16(9-11-28-21)14-29-22(31)18-6-2-3-7-19(18)23(32)30-12-10-17-5-1-4-8-20(17)30/h1,4-5,8-9,11,13,18-19H,2-3,6-7,10,12,14-15H2,(H,29,31). The van der Waals surface area contributed by atoms with Gasteiger partial charge in [0.2, 0.25) is 17.7 Å². The number of hydrogen-bond donors (Lipinski definition) is 1. The number of alkyl halides is 3. The Balaban J connectivity index is 1.39. The van der Waals surface area contributed by atoms with Crippen molar-refractivity contribution in [1.29, 1.82) is 0 Å². The Morgan fingerprint density at radius 1 is 1.12 bits per heavy atom. The number of fused-ring (bicyclic) bond motifs is 1. The maximum absolute atomic E-state index is 13.4. The van der Waals surface area contributed by atoms with Crippen molar-refractivity contribution in [3.63, 3.8) is 0 Å². The largest absolute Gasteiger partial charge is 0.468 e. The molecule has 1 fully saturated rings. The summed E-state index contributed by atoms with van der Waals surface area (Å²) >= 11 is 0. The molecule has 2 unspecified atom stereocenters. The van der Waals surface area contributed by atoms with Crippen LogP contribution in [0.1, 0.15) is 36.8 Å². The van der Waals surface area contributed by atoms with Gasteiger partial charge in [0.1, 0.15) is 0 Å².